The van der Waals surface area contributed by atoms with Gasteiger partial charge in [0.25, 0.3) is 0 Å². The number of nitrogens with zero attached hydrogens (tertiary/aromatic N) is 2. The number of carbonyl (C=O) groups is 1. The van der Waals surface area contributed by atoms with Gasteiger partial charge in [-0.25, -0.2) is 0 Å². The quantitative estimate of drug-likeness (QED) is 0.859. The Morgan fingerprint density at radius 3 is 2.52 bits per heavy atom. The number of nitrogens with one attached hydrogen (secondary N) is 1. The highest BCUT2D eigenvalue weighted by Gasteiger charge is 2.42. The van der Waals surface area contributed by atoms with Gasteiger partial charge in [-0.2, -0.15) is 0 Å². The van der Waals surface area contributed by atoms with Crippen molar-refractivity contribution >= 4 is 36.4 Å². The number of halogens is 2. The molecule has 0 aliphatic carbocycles. The molecule has 2 aliphatic rings. The Morgan fingerprint density at radius 1 is 1.24 bits per heavy atom. The van der Waals surface area contributed by atoms with E-state index in [9.17, 15) is 4.79 Å². The fourth-order valence-electron chi connectivity index (χ4n) is 3.72. The van der Waals surface area contributed by atoms with Crippen molar-refractivity contribution < 1.29 is 9.53 Å². The van der Waals surface area contributed by atoms with Crippen LogP contribution < -0.4 is 15.0 Å². The molecule has 1 atom stereocenters. The Balaban J connectivity index is 0.00000156. The Hall–Kier alpha value is -1.17. The predicted molar refractivity (Wildman–Crippen MR) is 107 cm³/mol. The number of carbonyl (C=O) groups excluding carboxylic acids is 1. The van der Waals surface area contributed by atoms with Crippen LogP contribution in [0.5, 0.6) is 5.75 Å². The fraction of sp³-hybridized carbons (Fsp3) is 0.611. The van der Waals surface area contributed by atoms with E-state index in [4.69, 9.17) is 4.74 Å². The van der Waals surface area contributed by atoms with Gasteiger partial charge in [-0.3, -0.25) is 4.79 Å². The SMILES string of the molecule is CCC1(C(=O)N2CCN(c3cccc(OC)c3)CC2)CCCN1.Cl.Cl. The highest BCUT2D eigenvalue weighted by atomic mass is 35.5. The van der Waals surface area contributed by atoms with Crippen molar-refractivity contribution in [3.63, 3.8) is 0 Å². The normalized spacial score (nSPS) is 22.8. The maximum atomic E-state index is 12.9. The van der Waals surface area contributed by atoms with Crippen molar-refractivity contribution in [1.82, 2.24) is 10.2 Å². The lowest BCUT2D eigenvalue weighted by molar-refractivity contribution is -0.138. The first-order valence-corrected chi connectivity index (χ1v) is 8.62. The average Bonchev–Trinajstić information content (AvgIpc) is 3.11. The Kier molecular flexibility index (Phi) is 8.32. The zero-order chi connectivity index (χ0) is 16.3. The standard InChI is InChI=1S/C18H27N3O2.2ClH/c1-3-18(8-5-9-19-18)17(22)21-12-10-20(11-13-21)15-6-4-7-16(14-15)23-2;;/h4,6-7,14,19H,3,5,8-13H2,1-2H3;2*1H. The first-order chi connectivity index (χ1) is 11.2. The molecule has 142 valence electrons. The van der Waals surface area contributed by atoms with Crippen LogP contribution in [-0.4, -0.2) is 56.2 Å². The van der Waals surface area contributed by atoms with Crippen molar-refractivity contribution in [1.29, 1.82) is 0 Å². The number of hydrogen-bond acceptors (Lipinski definition) is 4. The van der Waals surface area contributed by atoms with Crippen LogP contribution in [0.3, 0.4) is 0 Å². The minimum Gasteiger partial charge on any atom is -0.497 e. The van der Waals surface area contributed by atoms with Crippen LogP contribution in [0.1, 0.15) is 26.2 Å². The van der Waals surface area contributed by atoms with Gasteiger partial charge in [0.2, 0.25) is 5.91 Å². The van der Waals surface area contributed by atoms with Gasteiger partial charge in [0, 0.05) is 37.9 Å². The topological polar surface area (TPSA) is 44.8 Å². The van der Waals surface area contributed by atoms with Gasteiger partial charge in [-0.1, -0.05) is 13.0 Å². The molecule has 1 aromatic rings. The first kappa shape index (κ1) is 21.9. The highest BCUT2D eigenvalue weighted by molar-refractivity contribution is 5.87. The first-order valence-electron chi connectivity index (χ1n) is 8.62. The maximum Gasteiger partial charge on any atom is 0.242 e. The second-order valence-electron chi connectivity index (χ2n) is 6.45. The molecule has 1 aromatic carbocycles. The van der Waals surface area contributed by atoms with E-state index in [1.54, 1.807) is 7.11 Å². The van der Waals surface area contributed by atoms with Crippen molar-refractivity contribution in [3.8, 4) is 5.75 Å². The number of amides is 1. The molecule has 0 spiro atoms. The zero-order valence-electron chi connectivity index (χ0n) is 15.0. The third-order valence-corrected chi connectivity index (χ3v) is 5.24. The van der Waals surface area contributed by atoms with Crippen LogP contribution in [0.15, 0.2) is 24.3 Å². The molecule has 1 unspecified atom stereocenters. The van der Waals surface area contributed by atoms with Gasteiger partial charge < -0.3 is 19.9 Å². The molecular formula is C18H29Cl2N3O2. The van der Waals surface area contributed by atoms with Crippen LogP contribution >= 0.6 is 24.8 Å². The lowest BCUT2D eigenvalue weighted by Crippen LogP contribution is -2.59. The summed E-state index contributed by atoms with van der Waals surface area (Å²) in [7, 11) is 1.69. The van der Waals surface area contributed by atoms with E-state index in [2.05, 4.69) is 29.3 Å². The van der Waals surface area contributed by atoms with Crippen molar-refractivity contribution in [3.05, 3.63) is 24.3 Å². The molecular weight excluding hydrogens is 361 g/mol. The van der Waals surface area contributed by atoms with Crippen molar-refractivity contribution in [2.24, 2.45) is 0 Å². The van der Waals surface area contributed by atoms with Crippen LogP contribution in [-0.2, 0) is 4.79 Å². The van der Waals surface area contributed by atoms with E-state index < -0.39 is 0 Å². The summed E-state index contributed by atoms with van der Waals surface area (Å²) in [5.41, 5.74) is 0.860. The summed E-state index contributed by atoms with van der Waals surface area (Å²) >= 11 is 0. The van der Waals surface area contributed by atoms with Crippen LogP contribution in [0.25, 0.3) is 0 Å². The fourth-order valence-corrected chi connectivity index (χ4v) is 3.72. The van der Waals surface area contributed by atoms with Crippen molar-refractivity contribution in [2.45, 2.75) is 31.7 Å². The average molecular weight is 390 g/mol. The number of anilines is 1. The monoisotopic (exact) mass is 389 g/mol. The van der Waals surface area contributed by atoms with E-state index in [0.717, 1.165) is 57.7 Å². The minimum atomic E-state index is -0.307. The molecule has 3 rings (SSSR count). The summed E-state index contributed by atoms with van der Waals surface area (Å²) in [4.78, 5) is 17.3. The van der Waals surface area contributed by atoms with Gasteiger partial charge in [0.1, 0.15) is 5.75 Å². The molecule has 5 nitrogen and oxygen atoms in total. The van der Waals surface area contributed by atoms with Gasteiger partial charge in [0.15, 0.2) is 0 Å². The molecule has 2 saturated heterocycles. The van der Waals surface area contributed by atoms with E-state index in [-0.39, 0.29) is 30.4 Å². The predicted octanol–water partition coefficient (Wildman–Crippen LogP) is 2.72. The van der Waals surface area contributed by atoms with E-state index in [1.165, 1.54) is 5.69 Å². The molecule has 2 fully saturated rings. The largest absolute Gasteiger partial charge is 0.497 e. The molecule has 0 bridgehead atoms. The molecule has 0 radical (unpaired) electrons. The van der Waals surface area contributed by atoms with Gasteiger partial charge >= 0.3 is 0 Å². The molecule has 25 heavy (non-hydrogen) atoms. The van der Waals surface area contributed by atoms with Gasteiger partial charge in [-0.05, 0) is 37.9 Å². The summed E-state index contributed by atoms with van der Waals surface area (Å²) < 4.78 is 5.30. The maximum absolute atomic E-state index is 12.9. The summed E-state index contributed by atoms with van der Waals surface area (Å²) in [6.45, 7) is 6.41. The summed E-state index contributed by atoms with van der Waals surface area (Å²) in [5, 5.41) is 3.45. The number of methoxy groups -OCH3 is 1. The third-order valence-electron chi connectivity index (χ3n) is 5.24. The van der Waals surface area contributed by atoms with E-state index >= 15 is 0 Å². The molecule has 1 amide bonds. The Morgan fingerprint density at radius 2 is 1.96 bits per heavy atom. The van der Waals surface area contributed by atoms with Crippen LogP contribution in [0.2, 0.25) is 0 Å². The van der Waals surface area contributed by atoms with Gasteiger partial charge in [0.05, 0.1) is 12.6 Å². The van der Waals surface area contributed by atoms with E-state index in [0.29, 0.717) is 5.91 Å². The number of rotatable bonds is 4. The molecule has 2 aliphatic heterocycles. The van der Waals surface area contributed by atoms with Crippen LogP contribution in [0.4, 0.5) is 5.69 Å². The Labute approximate surface area is 162 Å². The number of ether oxygens (including phenoxy) is 1. The number of piperazine rings is 1. The summed E-state index contributed by atoms with van der Waals surface area (Å²) in [5.74, 6) is 1.17. The number of hydrogen-bond donors (Lipinski definition) is 1. The van der Waals surface area contributed by atoms with Gasteiger partial charge in [-0.15, -0.1) is 24.8 Å². The molecule has 0 saturated carbocycles. The smallest absolute Gasteiger partial charge is 0.242 e. The second-order valence-corrected chi connectivity index (χ2v) is 6.45. The van der Waals surface area contributed by atoms with Crippen LogP contribution in [0, 0.1) is 0 Å². The second kappa shape index (κ2) is 9.51. The number of benzene rings is 1. The summed E-state index contributed by atoms with van der Waals surface area (Å²) in [6.07, 6.45) is 2.95. The lowest BCUT2D eigenvalue weighted by Gasteiger charge is -2.40. The third kappa shape index (κ3) is 4.52. The summed E-state index contributed by atoms with van der Waals surface area (Å²) in [6, 6.07) is 8.13. The highest BCUT2D eigenvalue weighted by Crippen LogP contribution is 2.27. The Bertz CT molecular complexity index is 557. The molecule has 2 heterocycles. The van der Waals surface area contributed by atoms with E-state index in [1.807, 2.05) is 17.0 Å². The molecule has 0 aromatic heterocycles. The molecule has 7 heteroatoms. The zero-order valence-corrected chi connectivity index (χ0v) is 16.6. The molecule has 1 N–H and O–H groups in total. The lowest BCUT2D eigenvalue weighted by atomic mass is 9.92. The minimum absolute atomic E-state index is 0. The van der Waals surface area contributed by atoms with Crippen molar-refractivity contribution in [2.75, 3.05) is 44.7 Å².